The summed E-state index contributed by atoms with van der Waals surface area (Å²) in [6.07, 6.45) is 1.73. The van der Waals surface area contributed by atoms with Crippen molar-refractivity contribution in [2.45, 2.75) is 18.9 Å². The molecule has 0 spiro atoms. The Balaban J connectivity index is 1.63. The summed E-state index contributed by atoms with van der Waals surface area (Å²) in [7, 11) is -0.760. The number of fused-ring (bicyclic) bond motifs is 1. The highest BCUT2D eigenvalue weighted by atomic mass is 32.2. The quantitative estimate of drug-likeness (QED) is 0.871. The van der Waals surface area contributed by atoms with Crippen LogP contribution in [0.3, 0.4) is 0 Å². The summed E-state index contributed by atoms with van der Waals surface area (Å²) >= 11 is 0. The van der Waals surface area contributed by atoms with E-state index in [9.17, 15) is 8.42 Å². The van der Waals surface area contributed by atoms with Crippen LogP contribution in [0.15, 0.2) is 42.5 Å². The van der Waals surface area contributed by atoms with Gasteiger partial charge in [0.05, 0.1) is 11.5 Å². The van der Waals surface area contributed by atoms with Crippen LogP contribution in [0.4, 0.5) is 0 Å². The summed E-state index contributed by atoms with van der Waals surface area (Å²) in [5.74, 6) is 0.666. The summed E-state index contributed by atoms with van der Waals surface area (Å²) in [5.41, 5.74) is 1.31. The Kier molecular flexibility index (Phi) is 4.00. The average molecular weight is 303 g/mol. The molecule has 0 N–H and O–H groups in total. The number of benzene rings is 2. The van der Waals surface area contributed by atoms with Gasteiger partial charge in [-0.25, -0.2) is 8.42 Å². The SMILES string of the molecule is CN(CCc1ccc2ccccc2c1)C1CCS(=O)(=O)C1. The minimum absolute atomic E-state index is 0.190. The molecule has 1 atom stereocenters. The van der Waals surface area contributed by atoms with Gasteiger partial charge in [0.1, 0.15) is 0 Å². The highest BCUT2D eigenvalue weighted by Gasteiger charge is 2.30. The lowest BCUT2D eigenvalue weighted by molar-refractivity contribution is 0.265. The third kappa shape index (κ3) is 3.44. The molecule has 0 saturated carbocycles. The molecule has 112 valence electrons. The van der Waals surface area contributed by atoms with Crippen molar-refractivity contribution < 1.29 is 8.42 Å². The Morgan fingerprint density at radius 1 is 1.14 bits per heavy atom. The molecule has 3 nitrogen and oxygen atoms in total. The highest BCUT2D eigenvalue weighted by Crippen LogP contribution is 2.19. The van der Waals surface area contributed by atoms with Crippen molar-refractivity contribution >= 4 is 20.6 Å². The Morgan fingerprint density at radius 3 is 2.62 bits per heavy atom. The first-order valence-corrected chi connectivity index (χ1v) is 9.24. The van der Waals surface area contributed by atoms with Crippen molar-refractivity contribution in [1.82, 2.24) is 4.90 Å². The highest BCUT2D eigenvalue weighted by molar-refractivity contribution is 7.91. The minimum Gasteiger partial charge on any atom is -0.302 e. The molecule has 1 aliphatic rings. The summed E-state index contributed by atoms with van der Waals surface area (Å²) in [5, 5.41) is 2.53. The van der Waals surface area contributed by atoms with Crippen molar-refractivity contribution in [2.75, 3.05) is 25.1 Å². The number of likely N-dealkylation sites (N-methyl/N-ethyl adjacent to an activating group) is 1. The zero-order chi connectivity index (χ0) is 14.9. The van der Waals surface area contributed by atoms with Crippen LogP contribution in [-0.2, 0) is 16.3 Å². The second-order valence-electron chi connectivity index (χ2n) is 5.97. The predicted molar refractivity (Wildman–Crippen MR) is 87.3 cm³/mol. The van der Waals surface area contributed by atoms with Crippen LogP contribution in [0.2, 0.25) is 0 Å². The van der Waals surface area contributed by atoms with Gasteiger partial charge >= 0.3 is 0 Å². The van der Waals surface area contributed by atoms with E-state index in [-0.39, 0.29) is 6.04 Å². The Labute approximate surface area is 126 Å². The van der Waals surface area contributed by atoms with E-state index in [1.165, 1.54) is 16.3 Å². The summed E-state index contributed by atoms with van der Waals surface area (Å²) in [6.45, 7) is 0.901. The number of hydrogen-bond acceptors (Lipinski definition) is 3. The molecule has 4 heteroatoms. The van der Waals surface area contributed by atoms with E-state index in [2.05, 4.69) is 47.4 Å². The van der Waals surface area contributed by atoms with Crippen molar-refractivity contribution in [3.8, 4) is 0 Å². The van der Waals surface area contributed by atoms with E-state index in [1.54, 1.807) is 0 Å². The number of nitrogens with zero attached hydrogens (tertiary/aromatic N) is 1. The van der Waals surface area contributed by atoms with Crippen molar-refractivity contribution in [1.29, 1.82) is 0 Å². The summed E-state index contributed by atoms with van der Waals surface area (Å²) in [4.78, 5) is 2.19. The van der Waals surface area contributed by atoms with Crippen molar-refractivity contribution in [2.24, 2.45) is 0 Å². The maximum absolute atomic E-state index is 11.5. The molecule has 0 amide bonds. The van der Waals surface area contributed by atoms with Gasteiger partial charge in [0, 0.05) is 12.6 Å². The largest absolute Gasteiger partial charge is 0.302 e. The van der Waals surface area contributed by atoms with Gasteiger partial charge in [-0.3, -0.25) is 0 Å². The van der Waals surface area contributed by atoms with Gasteiger partial charge in [-0.2, -0.15) is 0 Å². The smallest absolute Gasteiger partial charge is 0.151 e. The second-order valence-corrected chi connectivity index (χ2v) is 8.20. The van der Waals surface area contributed by atoms with E-state index < -0.39 is 9.84 Å². The zero-order valence-electron chi connectivity index (χ0n) is 12.3. The maximum atomic E-state index is 11.5. The molecular weight excluding hydrogens is 282 g/mol. The monoisotopic (exact) mass is 303 g/mol. The van der Waals surface area contributed by atoms with Crippen LogP contribution < -0.4 is 0 Å². The fraction of sp³-hybridized carbons (Fsp3) is 0.412. The number of rotatable bonds is 4. The van der Waals surface area contributed by atoms with E-state index >= 15 is 0 Å². The lowest BCUT2D eigenvalue weighted by Crippen LogP contribution is -2.34. The summed E-state index contributed by atoms with van der Waals surface area (Å²) < 4.78 is 23.1. The standard InChI is InChI=1S/C17H21NO2S/c1-18(17-9-11-21(19,20)13-17)10-8-14-6-7-15-4-2-3-5-16(15)12-14/h2-7,12,17H,8-11,13H2,1H3. The molecule has 0 radical (unpaired) electrons. The minimum atomic E-state index is -2.79. The van der Waals surface area contributed by atoms with Gasteiger partial charge in [0.25, 0.3) is 0 Å². The van der Waals surface area contributed by atoms with Gasteiger partial charge in [0.15, 0.2) is 9.84 Å². The van der Waals surface area contributed by atoms with Gasteiger partial charge in [-0.15, -0.1) is 0 Å². The Hall–Kier alpha value is -1.39. The van der Waals surface area contributed by atoms with Crippen LogP contribution in [0.5, 0.6) is 0 Å². The molecular formula is C17H21NO2S. The van der Waals surface area contributed by atoms with Crippen LogP contribution in [0, 0.1) is 0 Å². The molecule has 3 rings (SSSR count). The third-order valence-corrected chi connectivity index (χ3v) is 6.15. The molecule has 1 unspecified atom stereocenters. The van der Waals surface area contributed by atoms with E-state index in [1.807, 2.05) is 7.05 Å². The Morgan fingerprint density at radius 2 is 1.90 bits per heavy atom. The van der Waals surface area contributed by atoms with Crippen LogP contribution in [0.25, 0.3) is 10.8 Å². The second kappa shape index (κ2) is 5.78. The number of hydrogen-bond donors (Lipinski definition) is 0. The van der Waals surface area contributed by atoms with Crippen molar-refractivity contribution in [3.05, 3.63) is 48.0 Å². The normalized spacial score (nSPS) is 21.1. The van der Waals surface area contributed by atoms with Crippen molar-refractivity contribution in [3.63, 3.8) is 0 Å². The molecule has 1 saturated heterocycles. The fourth-order valence-corrected chi connectivity index (χ4v) is 4.81. The van der Waals surface area contributed by atoms with Crippen LogP contribution in [0.1, 0.15) is 12.0 Å². The topological polar surface area (TPSA) is 37.4 Å². The van der Waals surface area contributed by atoms with E-state index in [0.29, 0.717) is 11.5 Å². The lowest BCUT2D eigenvalue weighted by atomic mass is 10.0. The Bertz CT molecular complexity index is 739. The molecule has 1 heterocycles. The van der Waals surface area contributed by atoms with Crippen LogP contribution in [-0.4, -0.2) is 44.5 Å². The first kappa shape index (κ1) is 14.5. The molecule has 1 aliphatic heterocycles. The molecule has 0 aliphatic carbocycles. The third-order valence-electron chi connectivity index (χ3n) is 4.40. The van der Waals surface area contributed by atoms with E-state index in [0.717, 1.165) is 19.4 Å². The molecule has 2 aromatic rings. The first-order chi connectivity index (χ1) is 10.0. The first-order valence-electron chi connectivity index (χ1n) is 7.42. The molecule has 0 bridgehead atoms. The molecule has 0 aromatic heterocycles. The molecule has 2 aromatic carbocycles. The van der Waals surface area contributed by atoms with Gasteiger partial charge < -0.3 is 4.90 Å². The zero-order valence-corrected chi connectivity index (χ0v) is 13.1. The van der Waals surface area contributed by atoms with Gasteiger partial charge in [-0.1, -0.05) is 42.5 Å². The maximum Gasteiger partial charge on any atom is 0.151 e. The molecule has 21 heavy (non-hydrogen) atoms. The van der Waals surface area contributed by atoms with E-state index in [4.69, 9.17) is 0 Å². The van der Waals surface area contributed by atoms with Gasteiger partial charge in [0.2, 0.25) is 0 Å². The van der Waals surface area contributed by atoms with Gasteiger partial charge in [-0.05, 0) is 36.2 Å². The fourth-order valence-electron chi connectivity index (χ4n) is 3.01. The molecule has 1 fully saturated rings. The average Bonchev–Trinajstić information content (AvgIpc) is 2.85. The van der Waals surface area contributed by atoms with Crippen LogP contribution >= 0.6 is 0 Å². The summed E-state index contributed by atoms with van der Waals surface area (Å²) in [6, 6.07) is 15.1. The lowest BCUT2D eigenvalue weighted by Gasteiger charge is -2.23. The predicted octanol–water partition coefficient (Wildman–Crippen LogP) is 2.50. The number of sulfone groups is 1.